The Morgan fingerprint density at radius 3 is 2.65 bits per heavy atom. The van der Waals surface area contributed by atoms with E-state index in [9.17, 15) is 9.90 Å². The van der Waals surface area contributed by atoms with Crippen LogP contribution in [-0.4, -0.2) is 55.4 Å². The van der Waals surface area contributed by atoms with E-state index in [1.54, 1.807) is 49.4 Å². The van der Waals surface area contributed by atoms with Gasteiger partial charge in [-0.1, -0.05) is 36.4 Å². The van der Waals surface area contributed by atoms with Crippen molar-refractivity contribution in [2.24, 2.45) is 5.73 Å². The average Bonchev–Trinajstić information content (AvgIpc) is 2.88. The first-order chi connectivity index (χ1) is 17.9. The topological polar surface area (TPSA) is 94.2 Å². The van der Waals surface area contributed by atoms with Gasteiger partial charge in [-0.05, 0) is 42.3 Å². The molecule has 1 saturated heterocycles. The van der Waals surface area contributed by atoms with Crippen molar-refractivity contribution in [1.82, 2.24) is 4.90 Å². The number of hydrogen-bond acceptors (Lipinski definition) is 6. The number of halogens is 1. The highest BCUT2D eigenvalue weighted by Crippen LogP contribution is 2.32. The van der Waals surface area contributed by atoms with Crippen LogP contribution >= 0.6 is 0 Å². The van der Waals surface area contributed by atoms with E-state index in [4.69, 9.17) is 19.9 Å². The third-order valence-corrected chi connectivity index (χ3v) is 6.29. The van der Waals surface area contributed by atoms with Crippen LogP contribution in [-0.2, 0) is 22.6 Å². The van der Waals surface area contributed by atoms with Crippen molar-refractivity contribution in [2.75, 3.05) is 39.5 Å². The van der Waals surface area contributed by atoms with Crippen LogP contribution in [0.4, 0.5) is 4.39 Å². The molecular formula is C29H33FN2O5. The zero-order chi connectivity index (χ0) is 26.2. The number of rotatable bonds is 11. The van der Waals surface area contributed by atoms with E-state index in [0.717, 1.165) is 38.4 Å². The predicted molar refractivity (Wildman–Crippen MR) is 139 cm³/mol. The molecule has 3 aromatic rings. The summed E-state index contributed by atoms with van der Waals surface area (Å²) < 4.78 is 32.9. The lowest BCUT2D eigenvalue weighted by Gasteiger charge is -2.26. The maximum absolute atomic E-state index is 15.4. The summed E-state index contributed by atoms with van der Waals surface area (Å²) >= 11 is 0. The van der Waals surface area contributed by atoms with Crippen molar-refractivity contribution in [2.45, 2.75) is 26.0 Å². The number of morpholine rings is 1. The number of aliphatic carboxylic acids is 1. The monoisotopic (exact) mass is 508 g/mol. The highest BCUT2D eigenvalue weighted by molar-refractivity contribution is 5.71. The van der Waals surface area contributed by atoms with Crippen LogP contribution in [0.1, 0.15) is 29.7 Å². The minimum atomic E-state index is -0.932. The lowest BCUT2D eigenvalue weighted by atomic mass is 9.97. The highest BCUT2D eigenvalue weighted by atomic mass is 19.1. The molecule has 0 aliphatic carbocycles. The number of nitrogens with two attached hydrogens (primary N) is 1. The Bertz CT molecular complexity index is 1210. The first kappa shape index (κ1) is 26.6. The van der Waals surface area contributed by atoms with Gasteiger partial charge in [0.2, 0.25) is 0 Å². The van der Waals surface area contributed by atoms with Crippen molar-refractivity contribution >= 4 is 5.97 Å². The molecule has 1 aliphatic rings. The molecule has 196 valence electrons. The lowest BCUT2D eigenvalue weighted by molar-refractivity contribution is -0.136. The second-order valence-electron chi connectivity index (χ2n) is 9.13. The standard InChI is InChI=1S/C29H33FN2O5/c1-20(31)25-6-4-7-26(29(25)30)23-15-21(19-37-27-8-3-2-5-22(27)18-28(33)34)16-24(17-23)36-14-11-32-9-12-35-13-10-32/h2-8,15-17,20H,9-14,18-19,31H2,1H3,(H,33,34). The Hall–Kier alpha value is -3.46. The van der Waals surface area contributed by atoms with Gasteiger partial charge in [-0.25, -0.2) is 4.39 Å². The molecule has 7 nitrogen and oxygen atoms in total. The zero-order valence-corrected chi connectivity index (χ0v) is 21.0. The molecule has 1 unspecified atom stereocenters. The molecule has 3 aromatic carbocycles. The van der Waals surface area contributed by atoms with Crippen LogP contribution in [0.15, 0.2) is 60.7 Å². The molecule has 0 saturated carbocycles. The van der Waals surface area contributed by atoms with E-state index in [1.807, 2.05) is 18.2 Å². The SMILES string of the molecule is CC(N)c1cccc(-c2cc(COc3ccccc3CC(=O)O)cc(OCCN3CCOCC3)c2)c1F. The summed E-state index contributed by atoms with van der Waals surface area (Å²) in [5.74, 6) is -0.191. The van der Waals surface area contributed by atoms with Gasteiger partial charge in [-0.3, -0.25) is 9.69 Å². The molecule has 0 bridgehead atoms. The molecule has 0 spiro atoms. The van der Waals surface area contributed by atoms with Gasteiger partial charge in [0.1, 0.15) is 30.5 Å². The molecule has 3 N–H and O–H groups in total. The molecule has 1 aliphatic heterocycles. The van der Waals surface area contributed by atoms with E-state index < -0.39 is 12.0 Å². The summed E-state index contributed by atoms with van der Waals surface area (Å²) in [5, 5.41) is 9.21. The lowest BCUT2D eigenvalue weighted by Crippen LogP contribution is -2.38. The number of carboxylic acids is 1. The number of benzene rings is 3. The minimum Gasteiger partial charge on any atom is -0.492 e. The fourth-order valence-electron chi connectivity index (χ4n) is 4.34. The first-order valence-corrected chi connectivity index (χ1v) is 12.4. The van der Waals surface area contributed by atoms with Crippen molar-refractivity contribution in [3.05, 3.63) is 83.2 Å². The fraction of sp³-hybridized carbons (Fsp3) is 0.345. The van der Waals surface area contributed by atoms with E-state index in [0.29, 0.717) is 40.4 Å². The highest BCUT2D eigenvalue weighted by Gasteiger charge is 2.16. The molecule has 37 heavy (non-hydrogen) atoms. The predicted octanol–water partition coefficient (Wildman–Crippen LogP) is 4.43. The Labute approximate surface area is 216 Å². The largest absolute Gasteiger partial charge is 0.492 e. The summed E-state index contributed by atoms with van der Waals surface area (Å²) in [6.07, 6.45) is -0.138. The minimum absolute atomic E-state index is 0.138. The maximum Gasteiger partial charge on any atom is 0.307 e. The number of para-hydroxylation sites is 1. The zero-order valence-electron chi connectivity index (χ0n) is 21.0. The molecule has 0 amide bonds. The average molecular weight is 509 g/mol. The number of nitrogens with zero attached hydrogens (tertiary/aromatic N) is 1. The smallest absolute Gasteiger partial charge is 0.307 e. The number of ether oxygens (including phenoxy) is 3. The molecule has 1 fully saturated rings. The number of carboxylic acid groups (broad SMARTS) is 1. The first-order valence-electron chi connectivity index (χ1n) is 12.4. The van der Waals surface area contributed by atoms with E-state index >= 15 is 4.39 Å². The Balaban J connectivity index is 1.58. The van der Waals surface area contributed by atoms with Gasteiger partial charge in [0, 0.05) is 42.4 Å². The van der Waals surface area contributed by atoms with E-state index in [-0.39, 0.29) is 18.8 Å². The van der Waals surface area contributed by atoms with Crippen molar-refractivity contribution in [1.29, 1.82) is 0 Å². The van der Waals surface area contributed by atoms with Crippen LogP contribution in [0.5, 0.6) is 11.5 Å². The normalized spacial score (nSPS) is 14.8. The Kier molecular flexibility index (Phi) is 9.11. The summed E-state index contributed by atoms with van der Waals surface area (Å²) in [5.41, 5.74) is 8.86. The van der Waals surface area contributed by atoms with Gasteiger partial charge in [0.25, 0.3) is 0 Å². The molecule has 4 rings (SSSR count). The van der Waals surface area contributed by atoms with Gasteiger partial charge in [-0.15, -0.1) is 0 Å². The third-order valence-electron chi connectivity index (χ3n) is 6.29. The quantitative estimate of drug-likeness (QED) is 0.396. The van der Waals surface area contributed by atoms with Gasteiger partial charge in [0.05, 0.1) is 19.6 Å². The van der Waals surface area contributed by atoms with Crippen molar-refractivity contribution in [3.63, 3.8) is 0 Å². The van der Waals surface area contributed by atoms with Crippen molar-refractivity contribution in [3.8, 4) is 22.6 Å². The molecule has 0 aromatic heterocycles. The second kappa shape index (κ2) is 12.7. The summed E-state index contributed by atoms with van der Waals surface area (Å²) in [6.45, 7) is 6.33. The Morgan fingerprint density at radius 1 is 1.11 bits per heavy atom. The van der Waals surface area contributed by atoms with Gasteiger partial charge >= 0.3 is 5.97 Å². The Morgan fingerprint density at radius 2 is 1.89 bits per heavy atom. The molecule has 1 heterocycles. The molecular weight excluding hydrogens is 475 g/mol. The van der Waals surface area contributed by atoms with E-state index in [2.05, 4.69) is 4.90 Å². The van der Waals surface area contributed by atoms with Crippen LogP contribution in [0.2, 0.25) is 0 Å². The molecule has 0 radical (unpaired) electrons. The third kappa shape index (κ3) is 7.29. The fourth-order valence-corrected chi connectivity index (χ4v) is 4.34. The summed E-state index contributed by atoms with van der Waals surface area (Å²) in [6, 6.07) is 17.4. The summed E-state index contributed by atoms with van der Waals surface area (Å²) in [4.78, 5) is 13.5. The van der Waals surface area contributed by atoms with Gasteiger partial charge in [-0.2, -0.15) is 0 Å². The number of hydrogen-bond donors (Lipinski definition) is 2. The summed E-state index contributed by atoms with van der Waals surface area (Å²) in [7, 11) is 0. The van der Waals surface area contributed by atoms with Crippen molar-refractivity contribution < 1.29 is 28.5 Å². The number of carbonyl (C=O) groups is 1. The maximum atomic E-state index is 15.4. The van der Waals surface area contributed by atoms with Crippen LogP contribution in [0, 0.1) is 5.82 Å². The van der Waals surface area contributed by atoms with Gasteiger partial charge in [0.15, 0.2) is 0 Å². The van der Waals surface area contributed by atoms with Crippen LogP contribution < -0.4 is 15.2 Å². The second-order valence-corrected chi connectivity index (χ2v) is 9.13. The van der Waals surface area contributed by atoms with Crippen LogP contribution in [0.25, 0.3) is 11.1 Å². The molecule has 1 atom stereocenters. The van der Waals surface area contributed by atoms with Crippen LogP contribution in [0.3, 0.4) is 0 Å². The van der Waals surface area contributed by atoms with Gasteiger partial charge < -0.3 is 25.1 Å². The van der Waals surface area contributed by atoms with E-state index in [1.165, 1.54) is 0 Å². The molecule has 8 heteroatoms.